The summed E-state index contributed by atoms with van der Waals surface area (Å²) in [5.74, 6) is 0.652. The van der Waals surface area contributed by atoms with Crippen LogP contribution in [0.15, 0.2) is 0 Å². The summed E-state index contributed by atoms with van der Waals surface area (Å²) in [7, 11) is 2.15. The smallest absolute Gasteiger partial charge is 0.227 e. The predicted octanol–water partition coefficient (Wildman–Crippen LogP) is 0.680. The maximum Gasteiger partial charge on any atom is 0.227 e. The maximum atomic E-state index is 12.7. The first-order valence-corrected chi connectivity index (χ1v) is 7.23. The van der Waals surface area contributed by atoms with Gasteiger partial charge in [0.15, 0.2) is 0 Å². The zero-order valence-corrected chi connectivity index (χ0v) is 11.8. The topological polar surface area (TPSA) is 35.6 Å². The lowest BCUT2D eigenvalue weighted by Crippen LogP contribution is -2.60. The van der Waals surface area contributed by atoms with Gasteiger partial charge in [-0.05, 0) is 40.2 Å². The van der Waals surface area contributed by atoms with Crippen molar-refractivity contribution in [2.45, 2.75) is 50.7 Å². The molecule has 1 N–H and O–H groups in total. The highest BCUT2D eigenvalue weighted by Gasteiger charge is 2.45. The molecule has 0 aromatic heterocycles. The number of rotatable bonds is 1. The molecule has 2 bridgehead atoms. The molecule has 0 aromatic rings. The van der Waals surface area contributed by atoms with Crippen LogP contribution < -0.4 is 5.32 Å². The van der Waals surface area contributed by atoms with E-state index in [4.69, 9.17) is 0 Å². The van der Waals surface area contributed by atoms with E-state index in [0.717, 1.165) is 26.1 Å². The molecule has 4 nitrogen and oxygen atoms in total. The van der Waals surface area contributed by atoms with Crippen LogP contribution in [0.4, 0.5) is 0 Å². The molecule has 0 saturated carbocycles. The second-order valence-corrected chi connectivity index (χ2v) is 6.88. The lowest BCUT2D eigenvalue weighted by molar-refractivity contribution is -0.140. The number of carbonyl (C=O) groups excluding carboxylic acids is 1. The van der Waals surface area contributed by atoms with Crippen LogP contribution in [-0.2, 0) is 4.79 Å². The van der Waals surface area contributed by atoms with Gasteiger partial charge in [-0.3, -0.25) is 9.69 Å². The van der Waals surface area contributed by atoms with Crippen LogP contribution in [-0.4, -0.2) is 60.0 Å². The van der Waals surface area contributed by atoms with Gasteiger partial charge in [-0.15, -0.1) is 0 Å². The number of nitrogens with one attached hydrogen (secondary N) is 1. The van der Waals surface area contributed by atoms with E-state index in [2.05, 4.69) is 36.0 Å². The summed E-state index contributed by atoms with van der Waals surface area (Å²) in [4.78, 5) is 17.1. The normalized spacial score (nSPS) is 39.3. The van der Waals surface area contributed by atoms with Crippen LogP contribution in [0.2, 0.25) is 0 Å². The van der Waals surface area contributed by atoms with E-state index in [9.17, 15) is 4.79 Å². The van der Waals surface area contributed by atoms with Crippen LogP contribution >= 0.6 is 0 Å². The van der Waals surface area contributed by atoms with Crippen molar-refractivity contribution >= 4 is 5.91 Å². The van der Waals surface area contributed by atoms with Crippen LogP contribution in [0.3, 0.4) is 0 Å². The average Bonchev–Trinajstić information content (AvgIpc) is 2.93. The maximum absolute atomic E-state index is 12.7. The number of hydrogen-bond donors (Lipinski definition) is 1. The Morgan fingerprint density at radius 2 is 2.06 bits per heavy atom. The van der Waals surface area contributed by atoms with E-state index in [1.807, 2.05) is 0 Å². The van der Waals surface area contributed by atoms with Crippen LogP contribution in [0.25, 0.3) is 0 Å². The molecular weight excluding hydrogens is 226 g/mol. The SMILES string of the molecule is CN1CCN(C(=O)C2CC3CCC2N3)CC1(C)C. The lowest BCUT2D eigenvalue weighted by Gasteiger charge is -2.46. The Labute approximate surface area is 110 Å². The fraction of sp³-hybridized carbons (Fsp3) is 0.929. The Bertz CT molecular complexity index is 355. The highest BCUT2D eigenvalue weighted by Crippen LogP contribution is 2.35. The van der Waals surface area contributed by atoms with Crippen molar-refractivity contribution in [1.29, 1.82) is 0 Å². The third-order valence-corrected chi connectivity index (χ3v) is 5.25. The Hall–Kier alpha value is -0.610. The summed E-state index contributed by atoms with van der Waals surface area (Å²) in [5, 5.41) is 3.57. The quantitative estimate of drug-likeness (QED) is 0.744. The van der Waals surface area contributed by atoms with Gasteiger partial charge in [0.05, 0.1) is 5.92 Å². The van der Waals surface area contributed by atoms with Crippen molar-refractivity contribution in [3.05, 3.63) is 0 Å². The molecule has 3 heterocycles. The number of carbonyl (C=O) groups is 1. The minimum Gasteiger partial charge on any atom is -0.339 e. The second kappa shape index (κ2) is 4.20. The zero-order valence-electron chi connectivity index (χ0n) is 11.8. The van der Waals surface area contributed by atoms with Gasteiger partial charge in [-0.1, -0.05) is 0 Å². The van der Waals surface area contributed by atoms with Gasteiger partial charge in [0.1, 0.15) is 0 Å². The van der Waals surface area contributed by atoms with Crippen molar-refractivity contribution in [2.24, 2.45) is 5.92 Å². The number of amides is 1. The first-order valence-electron chi connectivity index (χ1n) is 7.23. The summed E-state index contributed by atoms with van der Waals surface area (Å²) in [6, 6.07) is 1.08. The number of hydrogen-bond acceptors (Lipinski definition) is 3. The second-order valence-electron chi connectivity index (χ2n) is 6.88. The summed E-state index contributed by atoms with van der Waals surface area (Å²) >= 11 is 0. The summed E-state index contributed by atoms with van der Waals surface area (Å²) in [6.07, 6.45) is 3.52. The third-order valence-electron chi connectivity index (χ3n) is 5.25. The van der Waals surface area contributed by atoms with Gasteiger partial charge in [0, 0.05) is 37.3 Å². The van der Waals surface area contributed by atoms with E-state index >= 15 is 0 Å². The molecule has 3 aliphatic rings. The van der Waals surface area contributed by atoms with Gasteiger partial charge < -0.3 is 10.2 Å². The molecule has 4 heteroatoms. The molecular formula is C14H25N3O. The van der Waals surface area contributed by atoms with Crippen molar-refractivity contribution in [3.8, 4) is 0 Å². The fourth-order valence-corrected chi connectivity index (χ4v) is 3.76. The first kappa shape index (κ1) is 12.4. The summed E-state index contributed by atoms with van der Waals surface area (Å²) < 4.78 is 0. The van der Waals surface area contributed by atoms with Gasteiger partial charge in [-0.2, -0.15) is 0 Å². The average molecular weight is 251 g/mol. The van der Waals surface area contributed by atoms with Crippen molar-refractivity contribution in [1.82, 2.24) is 15.1 Å². The van der Waals surface area contributed by atoms with Gasteiger partial charge in [-0.25, -0.2) is 0 Å². The third kappa shape index (κ3) is 1.95. The van der Waals surface area contributed by atoms with Crippen LogP contribution in [0.5, 0.6) is 0 Å². The number of likely N-dealkylation sites (N-methyl/N-ethyl adjacent to an activating group) is 1. The van der Waals surface area contributed by atoms with E-state index < -0.39 is 0 Å². The molecule has 3 saturated heterocycles. The minimum absolute atomic E-state index is 0.110. The molecule has 0 aliphatic carbocycles. The molecule has 3 rings (SSSR count). The molecule has 1 amide bonds. The van der Waals surface area contributed by atoms with Gasteiger partial charge >= 0.3 is 0 Å². The number of nitrogens with zero attached hydrogens (tertiary/aromatic N) is 2. The molecule has 0 spiro atoms. The highest BCUT2D eigenvalue weighted by molar-refractivity contribution is 5.80. The zero-order chi connectivity index (χ0) is 12.9. The molecule has 102 valence electrons. The fourth-order valence-electron chi connectivity index (χ4n) is 3.76. The van der Waals surface area contributed by atoms with E-state index in [1.54, 1.807) is 0 Å². The van der Waals surface area contributed by atoms with E-state index in [0.29, 0.717) is 18.0 Å². The monoisotopic (exact) mass is 251 g/mol. The highest BCUT2D eigenvalue weighted by atomic mass is 16.2. The standard InChI is InChI=1S/C14H25N3O/c1-14(2)9-17(7-6-16(14)3)13(18)11-8-10-4-5-12(11)15-10/h10-12,15H,4-9H2,1-3H3. The molecule has 0 radical (unpaired) electrons. The van der Waals surface area contributed by atoms with Crippen LogP contribution in [0.1, 0.15) is 33.1 Å². The summed E-state index contributed by atoms with van der Waals surface area (Å²) in [6.45, 7) is 7.22. The van der Waals surface area contributed by atoms with E-state index in [-0.39, 0.29) is 11.5 Å². The minimum atomic E-state index is 0.110. The molecule has 3 fully saturated rings. The number of fused-ring (bicyclic) bond motifs is 2. The van der Waals surface area contributed by atoms with Crippen molar-refractivity contribution < 1.29 is 4.79 Å². The number of piperazine rings is 1. The molecule has 0 aromatic carbocycles. The molecule has 3 unspecified atom stereocenters. The van der Waals surface area contributed by atoms with E-state index in [1.165, 1.54) is 12.8 Å². The largest absolute Gasteiger partial charge is 0.339 e. The first-order chi connectivity index (χ1) is 8.47. The van der Waals surface area contributed by atoms with Crippen LogP contribution in [0, 0.1) is 5.92 Å². The lowest BCUT2D eigenvalue weighted by atomic mass is 9.87. The Morgan fingerprint density at radius 1 is 1.28 bits per heavy atom. The molecule has 3 aliphatic heterocycles. The Balaban J connectivity index is 1.67. The molecule has 18 heavy (non-hydrogen) atoms. The Kier molecular flexibility index (Phi) is 2.90. The van der Waals surface area contributed by atoms with Gasteiger partial charge in [0.2, 0.25) is 5.91 Å². The van der Waals surface area contributed by atoms with Crippen molar-refractivity contribution in [3.63, 3.8) is 0 Å². The Morgan fingerprint density at radius 3 is 2.61 bits per heavy atom. The summed E-state index contributed by atoms with van der Waals surface area (Å²) in [5.41, 5.74) is 0.110. The van der Waals surface area contributed by atoms with Gasteiger partial charge in [0.25, 0.3) is 0 Å². The van der Waals surface area contributed by atoms with Crippen molar-refractivity contribution in [2.75, 3.05) is 26.7 Å². The molecule has 3 atom stereocenters. The predicted molar refractivity (Wildman–Crippen MR) is 71.3 cm³/mol.